The van der Waals surface area contributed by atoms with Gasteiger partial charge in [-0.05, 0) is 36.8 Å². The minimum atomic E-state index is -0.460. The summed E-state index contributed by atoms with van der Waals surface area (Å²) in [6, 6.07) is 20.3. The van der Waals surface area contributed by atoms with Gasteiger partial charge >= 0.3 is 5.97 Å². The summed E-state index contributed by atoms with van der Waals surface area (Å²) in [7, 11) is 1.57. The average molecular weight is 458 g/mol. The van der Waals surface area contributed by atoms with Crippen molar-refractivity contribution in [2.24, 2.45) is 5.73 Å². The highest BCUT2D eigenvalue weighted by Crippen LogP contribution is 2.29. The zero-order chi connectivity index (χ0) is 23.9. The van der Waals surface area contributed by atoms with E-state index in [0.29, 0.717) is 23.6 Å². The lowest BCUT2D eigenvalue weighted by Gasteiger charge is -2.17. The van der Waals surface area contributed by atoms with Gasteiger partial charge in [0.2, 0.25) is 5.88 Å². The molecular formula is C27H27N3O4. The fourth-order valence-corrected chi connectivity index (χ4v) is 3.64. The second kappa shape index (κ2) is 10.8. The van der Waals surface area contributed by atoms with E-state index >= 15 is 0 Å². The van der Waals surface area contributed by atoms with Crippen molar-refractivity contribution in [3.63, 3.8) is 0 Å². The lowest BCUT2D eigenvalue weighted by atomic mass is 10.0. The SMILES string of the molecule is COc1cccc(C[C@@H](N)COc2ccc3cnc(C)cc3c2C(=O)OCc2ccccc2)n1. The highest BCUT2D eigenvalue weighted by molar-refractivity contribution is 6.07. The second-order valence-electron chi connectivity index (χ2n) is 7.99. The van der Waals surface area contributed by atoms with Gasteiger partial charge in [-0.2, -0.15) is 0 Å². The van der Waals surface area contributed by atoms with Crippen molar-refractivity contribution >= 4 is 16.7 Å². The van der Waals surface area contributed by atoms with E-state index in [-0.39, 0.29) is 19.3 Å². The highest BCUT2D eigenvalue weighted by atomic mass is 16.5. The molecule has 2 heterocycles. The Labute approximate surface area is 198 Å². The Morgan fingerprint density at radius 2 is 1.88 bits per heavy atom. The fraction of sp³-hybridized carbons (Fsp3) is 0.222. The minimum Gasteiger partial charge on any atom is -0.491 e. The molecule has 0 unspecified atom stereocenters. The molecule has 0 aliphatic rings. The summed E-state index contributed by atoms with van der Waals surface area (Å²) in [5, 5.41) is 1.56. The maximum atomic E-state index is 13.2. The van der Waals surface area contributed by atoms with Crippen LogP contribution in [0.1, 0.15) is 27.3 Å². The number of esters is 1. The first-order chi connectivity index (χ1) is 16.5. The van der Waals surface area contributed by atoms with E-state index in [9.17, 15) is 4.79 Å². The summed E-state index contributed by atoms with van der Waals surface area (Å²) in [5.41, 5.74) is 9.18. The molecule has 174 valence electrons. The van der Waals surface area contributed by atoms with Crippen LogP contribution in [0.5, 0.6) is 11.6 Å². The van der Waals surface area contributed by atoms with Crippen LogP contribution in [0.4, 0.5) is 0 Å². The third-order valence-electron chi connectivity index (χ3n) is 5.33. The topological polar surface area (TPSA) is 96.6 Å². The van der Waals surface area contributed by atoms with Crippen LogP contribution >= 0.6 is 0 Å². The predicted octanol–water partition coefficient (Wildman–Crippen LogP) is 4.25. The number of fused-ring (bicyclic) bond motifs is 1. The number of pyridine rings is 2. The third kappa shape index (κ3) is 5.68. The number of benzene rings is 2. The third-order valence-corrected chi connectivity index (χ3v) is 5.33. The van der Waals surface area contributed by atoms with Crippen molar-refractivity contribution < 1.29 is 19.0 Å². The van der Waals surface area contributed by atoms with Crippen molar-refractivity contribution in [2.45, 2.75) is 26.0 Å². The number of carbonyl (C=O) groups is 1. The number of methoxy groups -OCH3 is 1. The number of hydrogen-bond donors (Lipinski definition) is 1. The first-order valence-electron chi connectivity index (χ1n) is 11.0. The van der Waals surface area contributed by atoms with Crippen LogP contribution in [0, 0.1) is 6.92 Å². The van der Waals surface area contributed by atoms with Gasteiger partial charge in [-0.1, -0.05) is 36.4 Å². The summed E-state index contributed by atoms with van der Waals surface area (Å²) in [5.74, 6) is 0.496. The molecule has 0 radical (unpaired) electrons. The Kier molecular flexibility index (Phi) is 7.34. The van der Waals surface area contributed by atoms with Gasteiger partial charge in [0.05, 0.1) is 7.11 Å². The summed E-state index contributed by atoms with van der Waals surface area (Å²) < 4.78 is 16.9. The second-order valence-corrected chi connectivity index (χ2v) is 7.99. The van der Waals surface area contributed by atoms with Crippen molar-refractivity contribution in [1.29, 1.82) is 0 Å². The zero-order valence-corrected chi connectivity index (χ0v) is 19.2. The Morgan fingerprint density at radius 1 is 1.06 bits per heavy atom. The lowest BCUT2D eigenvalue weighted by molar-refractivity contribution is 0.0470. The van der Waals surface area contributed by atoms with Crippen molar-refractivity contribution in [2.75, 3.05) is 13.7 Å². The molecule has 4 aromatic rings. The van der Waals surface area contributed by atoms with Gasteiger partial charge in [-0.15, -0.1) is 0 Å². The molecule has 7 nitrogen and oxygen atoms in total. The first-order valence-corrected chi connectivity index (χ1v) is 11.0. The number of carbonyl (C=O) groups excluding carboxylic acids is 1. The van der Waals surface area contributed by atoms with Gasteiger partial charge in [0.25, 0.3) is 0 Å². The van der Waals surface area contributed by atoms with Crippen LogP contribution < -0.4 is 15.2 Å². The van der Waals surface area contributed by atoms with E-state index in [1.807, 2.05) is 61.5 Å². The first kappa shape index (κ1) is 23.2. The van der Waals surface area contributed by atoms with E-state index < -0.39 is 5.97 Å². The monoisotopic (exact) mass is 457 g/mol. The number of nitrogens with two attached hydrogens (primary N) is 1. The van der Waals surface area contributed by atoms with E-state index in [4.69, 9.17) is 19.9 Å². The van der Waals surface area contributed by atoms with Gasteiger partial charge < -0.3 is 19.9 Å². The maximum absolute atomic E-state index is 13.2. The van der Waals surface area contributed by atoms with Crippen LogP contribution in [0.2, 0.25) is 0 Å². The number of aromatic nitrogens is 2. The van der Waals surface area contributed by atoms with E-state index in [1.165, 1.54) is 0 Å². The van der Waals surface area contributed by atoms with Crippen LogP contribution in [0.3, 0.4) is 0 Å². The summed E-state index contributed by atoms with van der Waals surface area (Å²) >= 11 is 0. The zero-order valence-electron chi connectivity index (χ0n) is 19.2. The van der Waals surface area contributed by atoms with Crippen molar-refractivity contribution in [3.8, 4) is 11.6 Å². The maximum Gasteiger partial charge on any atom is 0.342 e. The summed E-state index contributed by atoms with van der Waals surface area (Å²) in [6.45, 7) is 2.25. The molecule has 0 aliphatic heterocycles. The molecule has 0 aliphatic carbocycles. The van der Waals surface area contributed by atoms with E-state index in [2.05, 4.69) is 9.97 Å². The number of rotatable bonds is 9. The van der Waals surface area contributed by atoms with E-state index in [0.717, 1.165) is 27.7 Å². The fourth-order valence-electron chi connectivity index (χ4n) is 3.64. The van der Waals surface area contributed by atoms with Gasteiger partial charge in [0.1, 0.15) is 24.5 Å². The van der Waals surface area contributed by atoms with Gasteiger partial charge in [-0.3, -0.25) is 4.98 Å². The van der Waals surface area contributed by atoms with Gasteiger partial charge in [-0.25, -0.2) is 9.78 Å². The number of ether oxygens (including phenoxy) is 3. The van der Waals surface area contributed by atoms with Gasteiger partial charge in [0, 0.05) is 46.9 Å². The molecule has 7 heteroatoms. The molecule has 0 spiro atoms. The Balaban J connectivity index is 1.54. The van der Waals surface area contributed by atoms with Crippen LogP contribution in [0.25, 0.3) is 10.8 Å². The number of aryl methyl sites for hydroxylation is 1. The van der Waals surface area contributed by atoms with Crippen LogP contribution in [-0.4, -0.2) is 35.7 Å². The van der Waals surface area contributed by atoms with Crippen LogP contribution in [-0.2, 0) is 17.8 Å². The number of hydrogen-bond acceptors (Lipinski definition) is 7. The Hall–Kier alpha value is -3.97. The van der Waals surface area contributed by atoms with Crippen molar-refractivity contribution in [3.05, 3.63) is 95.4 Å². The molecule has 2 aromatic heterocycles. The van der Waals surface area contributed by atoms with E-state index in [1.54, 1.807) is 25.4 Å². The summed E-state index contributed by atoms with van der Waals surface area (Å²) in [4.78, 5) is 21.9. The number of nitrogens with zero attached hydrogens (tertiary/aromatic N) is 2. The molecule has 34 heavy (non-hydrogen) atoms. The van der Waals surface area contributed by atoms with Crippen LogP contribution in [0.15, 0.2) is 72.9 Å². The standard InChI is InChI=1S/C27H27N3O4/c1-18-13-23-20(15-29-18)11-12-24(26(23)27(31)34-16-19-7-4-3-5-8-19)33-17-21(28)14-22-9-6-10-25(30-22)32-2/h3-13,15,21H,14,16-17,28H2,1-2H3/t21-/m1/s1. The minimum absolute atomic E-state index is 0.167. The molecule has 0 saturated carbocycles. The van der Waals surface area contributed by atoms with Crippen molar-refractivity contribution in [1.82, 2.24) is 9.97 Å². The molecule has 2 aromatic carbocycles. The molecule has 0 saturated heterocycles. The molecule has 1 atom stereocenters. The predicted molar refractivity (Wildman–Crippen MR) is 130 cm³/mol. The molecule has 2 N–H and O–H groups in total. The molecular weight excluding hydrogens is 430 g/mol. The quantitative estimate of drug-likeness (QED) is 0.375. The summed E-state index contributed by atoms with van der Waals surface area (Å²) in [6.07, 6.45) is 2.24. The molecule has 0 fully saturated rings. The Morgan fingerprint density at radius 3 is 2.68 bits per heavy atom. The Bertz CT molecular complexity index is 1280. The largest absolute Gasteiger partial charge is 0.491 e. The molecule has 0 bridgehead atoms. The molecule has 0 amide bonds. The lowest BCUT2D eigenvalue weighted by Crippen LogP contribution is -2.31. The average Bonchev–Trinajstić information content (AvgIpc) is 2.86. The van der Waals surface area contributed by atoms with Gasteiger partial charge in [0.15, 0.2) is 0 Å². The smallest absolute Gasteiger partial charge is 0.342 e. The highest BCUT2D eigenvalue weighted by Gasteiger charge is 2.20. The molecule has 4 rings (SSSR count). The normalized spacial score (nSPS) is 11.7.